The first-order chi connectivity index (χ1) is 9.76. The largest absolute Gasteiger partial charge is 0.489 e. The lowest BCUT2D eigenvalue weighted by Gasteiger charge is -2.12. The number of halogens is 1. The lowest BCUT2D eigenvalue weighted by Crippen LogP contribution is -2.06. The van der Waals surface area contributed by atoms with Crippen LogP contribution in [0.5, 0.6) is 5.75 Å². The molecule has 0 aliphatic rings. The Balaban J connectivity index is 2.13. The molecule has 0 amide bonds. The van der Waals surface area contributed by atoms with Crippen molar-refractivity contribution in [3.05, 3.63) is 65.0 Å². The number of nitrogens with two attached hydrogens (primary N) is 1. The molecule has 0 atom stereocenters. The maximum absolute atomic E-state index is 14.0. The van der Waals surface area contributed by atoms with Gasteiger partial charge in [0.2, 0.25) is 0 Å². The summed E-state index contributed by atoms with van der Waals surface area (Å²) in [6, 6.07) is 12.6. The van der Waals surface area contributed by atoms with Crippen LogP contribution in [0.1, 0.15) is 16.7 Å². The van der Waals surface area contributed by atoms with Gasteiger partial charge in [-0.3, -0.25) is 0 Å². The molecule has 0 fully saturated rings. The highest BCUT2D eigenvalue weighted by Gasteiger charge is 2.08. The van der Waals surface area contributed by atoms with Crippen molar-refractivity contribution in [1.29, 1.82) is 0 Å². The summed E-state index contributed by atoms with van der Waals surface area (Å²) in [6.45, 7) is 0.361. The van der Waals surface area contributed by atoms with E-state index >= 15 is 0 Å². The van der Waals surface area contributed by atoms with Gasteiger partial charge in [0.1, 0.15) is 18.2 Å². The quantitative estimate of drug-likeness (QED) is 0.851. The van der Waals surface area contributed by atoms with E-state index in [9.17, 15) is 4.39 Å². The summed E-state index contributed by atoms with van der Waals surface area (Å²) in [6.07, 6.45) is 0.515. The molecule has 0 unspecified atom stereocenters. The summed E-state index contributed by atoms with van der Waals surface area (Å²) in [5, 5.41) is 9.01. The number of hydrogen-bond acceptors (Lipinski definition) is 3. The third kappa shape index (κ3) is 3.35. The molecule has 0 heterocycles. The first kappa shape index (κ1) is 14.5. The summed E-state index contributed by atoms with van der Waals surface area (Å²) >= 11 is 0. The lowest BCUT2D eigenvalue weighted by molar-refractivity contribution is 0.281. The van der Waals surface area contributed by atoms with Gasteiger partial charge in [-0.1, -0.05) is 36.4 Å². The van der Waals surface area contributed by atoms with E-state index < -0.39 is 0 Å². The predicted octanol–water partition coefficient (Wildman–Crippen LogP) is 2.40. The van der Waals surface area contributed by atoms with Gasteiger partial charge in [-0.05, 0) is 18.1 Å². The van der Waals surface area contributed by atoms with Gasteiger partial charge in [0, 0.05) is 24.3 Å². The second-order valence-corrected chi connectivity index (χ2v) is 4.46. The van der Waals surface area contributed by atoms with E-state index in [1.165, 1.54) is 0 Å². The minimum atomic E-state index is -0.311. The summed E-state index contributed by atoms with van der Waals surface area (Å²) in [5.41, 5.74) is 7.35. The smallest absolute Gasteiger partial charge is 0.134 e. The Kier molecular flexibility index (Phi) is 5.09. The Labute approximate surface area is 117 Å². The first-order valence-electron chi connectivity index (χ1n) is 6.54. The molecule has 20 heavy (non-hydrogen) atoms. The van der Waals surface area contributed by atoms with E-state index in [0.29, 0.717) is 23.3 Å². The SMILES string of the molecule is NCc1cccc(COc2ccccc2CCO)c1F. The molecule has 4 heteroatoms. The maximum atomic E-state index is 14.0. The molecule has 0 bridgehead atoms. The fourth-order valence-corrected chi connectivity index (χ4v) is 2.03. The average Bonchev–Trinajstić information content (AvgIpc) is 2.48. The normalized spacial score (nSPS) is 10.6. The van der Waals surface area contributed by atoms with E-state index in [4.69, 9.17) is 15.6 Å². The fraction of sp³-hybridized carbons (Fsp3) is 0.250. The second kappa shape index (κ2) is 7.03. The van der Waals surface area contributed by atoms with E-state index in [2.05, 4.69) is 0 Å². The Morgan fingerprint density at radius 2 is 1.70 bits per heavy atom. The van der Waals surface area contributed by atoms with Crippen LogP contribution in [0.25, 0.3) is 0 Å². The van der Waals surface area contributed by atoms with Crippen LogP contribution in [-0.4, -0.2) is 11.7 Å². The van der Waals surface area contributed by atoms with Crippen LogP contribution in [0, 0.1) is 5.82 Å². The molecule has 106 valence electrons. The minimum absolute atomic E-state index is 0.0530. The Bertz CT molecular complexity index is 572. The highest BCUT2D eigenvalue weighted by molar-refractivity contribution is 5.34. The molecule has 0 aliphatic heterocycles. The van der Waals surface area contributed by atoms with Gasteiger partial charge in [-0.15, -0.1) is 0 Å². The first-order valence-corrected chi connectivity index (χ1v) is 6.54. The summed E-state index contributed by atoms with van der Waals surface area (Å²) in [5.74, 6) is 0.355. The Morgan fingerprint density at radius 3 is 2.45 bits per heavy atom. The van der Waals surface area contributed by atoms with Crippen molar-refractivity contribution < 1.29 is 14.2 Å². The van der Waals surface area contributed by atoms with Crippen molar-refractivity contribution >= 4 is 0 Å². The van der Waals surface area contributed by atoms with Crippen LogP contribution in [0.4, 0.5) is 4.39 Å². The topological polar surface area (TPSA) is 55.5 Å². The van der Waals surface area contributed by atoms with E-state index in [-0.39, 0.29) is 25.6 Å². The third-order valence-corrected chi connectivity index (χ3v) is 3.12. The standard InChI is InChI=1S/C16H18FNO2/c17-16-13(10-18)5-3-6-14(16)11-20-15-7-2-1-4-12(15)8-9-19/h1-7,19H,8-11,18H2. The summed E-state index contributed by atoms with van der Waals surface area (Å²) in [7, 11) is 0. The molecule has 2 aromatic carbocycles. The number of benzene rings is 2. The van der Waals surface area contributed by atoms with Crippen molar-refractivity contribution in [1.82, 2.24) is 0 Å². The molecule has 0 aliphatic carbocycles. The number of aliphatic hydroxyl groups is 1. The lowest BCUT2D eigenvalue weighted by atomic mass is 10.1. The van der Waals surface area contributed by atoms with Crippen molar-refractivity contribution in [2.45, 2.75) is 19.6 Å². The zero-order valence-electron chi connectivity index (χ0n) is 11.2. The second-order valence-electron chi connectivity index (χ2n) is 4.46. The van der Waals surface area contributed by atoms with Gasteiger partial charge < -0.3 is 15.6 Å². The van der Waals surface area contributed by atoms with Crippen molar-refractivity contribution in [3.8, 4) is 5.75 Å². The van der Waals surface area contributed by atoms with E-state index in [1.807, 2.05) is 24.3 Å². The predicted molar refractivity (Wildman–Crippen MR) is 75.9 cm³/mol. The van der Waals surface area contributed by atoms with Gasteiger partial charge in [0.05, 0.1) is 0 Å². The zero-order valence-corrected chi connectivity index (χ0v) is 11.2. The van der Waals surface area contributed by atoms with Gasteiger partial charge in [0.15, 0.2) is 0 Å². The van der Waals surface area contributed by atoms with Crippen LogP contribution in [0.2, 0.25) is 0 Å². The number of aliphatic hydroxyl groups excluding tert-OH is 1. The molecule has 2 aromatic rings. The van der Waals surface area contributed by atoms with Gasteiger partial charge in [-0.25, -0.2) is 4.39 Å². The van der Waals surface area contributed by atoms with Crippen LogP contribution in [0.15, 0.2) is 42.5 Å². The molecule has 0 radical (unpaired) electrons. The fourth-order valence-electron chi connectivity index (χ4n) is 2.03. The van der Waals surface area contributed by atoms with Crippen molar-refractivity contribution in [2.75, 3.05) is 6.61 Å². The van der Waals surface area contributed by atoms with Crippen LogP contribution in [0.3, 0.4) is 0 Å². The molecule has 2 rings (SSSR count). The highest BCUT2D eigenvalue weighted by Crippen LogP contribution is 2.21. The Hall–Kier alpha value is -1.91. The Morgan fingerprint density at radius 1 is 1.00 bits per heavy atom. The molecule has 3 nitrogen and oxygen atoms in total. The average molecular weight is 275 g/mol. The zero-order chi connectivity index (χ0) is 14.4. The van der Waals surface area contributed by atoms with Gasteiger partial charge in [0.25, 0.3) is 0 Å². The van der Waals surface area contributed by atoms with Crippen molar-refractivity contribution in [2.24, 2.45) is 5.73 Å². The molecule has 0 aromatic heterocycles. The van der Waals surface area contributed by atoms with Crippen molar-refractivity contribution in [3.63, 3.8) is 0 Å². The van der Waals surface area contributed by atoms with Gasteiger partial charge in [-0.2, -0.15) is 0 Å². The highest BCUT2D eigenvalue weighted by atomic mass is 19.1. The van der Waals surface area contributed by atoms with Gasteiger partial charge >= 0.3 is 0 Å². The minimum Gasteiger partial charge on any atom is -0.489 e. The number of rotatable bonds is 6. The maximum Gasteiger partial charge on any atom is 0.134 e. The summed E-state index contributed by atoms with van der Waals surface area (Å²) < 4.78 is 19.7. The van der Waals surface area contributed by atoms with E-state index in [0.717, 1.165) is 5.56 Å². The van der Waals surface area contributed by atoms with Crippen LogP contribution >= 0.6 is 0 Å². The number of ether oxygens (including phenoxy) is 1. The molecular formula is C16H18FNO2. The van der Waals surface area contributed by atoms with Crippen LogP contribution in [-0.2, 0) is 19.6 Å². The molecular weight excluding hydrogens is 257 g/mol. The molecule has 0 saturated heterocycles. The van der Waals surface area contributed by atoms with E-state index in [1.54, 1.807) is 18.2 Å². The number of para-hydroxylation sites is 1. The molecule has 0 spiro atoms. The molecule has 0 saturated carbocycles. The summed E-state index contributed by atoms with van der Waals surface area (Å²) in [4.78, 5) is 0. The molecule has 3 N–H and O–H groups in total. The number of hydrogen-bond donors (Lipinski definition) is 2. The third-order valence-electron chi connectivity index (χ3n) is 3.12. The monoisotopic (exact) mass is 275 g/mol. The van der Waals surface area contributed by atoms with Crippen LogP contribution < -0.4 is 10.5 Å².